The third-order valence-electron chi connectivity index (χ3n) is 3.68. The van der Waals surface area contributed by atoms with Crippen molar-refractivity contribution in [1.82, 2.24) is 10.3 Å². The summed E-state index contributed by atoms with van der Waals surface area (Å²) >= 11 is 0. The van der Waals surface area contributed by atoms with Crippen LogP contribution in [0.3, 0.4) is 0 Å². The molecule has 0 bridgehead atoms. The first-order valence-corrected chi connectivity index (χ1v) is 7.21. The summed E-state index contributed by atoms with van der Waals surface area (Å²) in [6, 6.07) is 1.80. The van der Waals surface area contributed by atoms with Crippen LogP contribution in [-0.4, -0.2) is 24.7 Å². The molecule has 1 atom stereocenters. The van der Waals surface area contributed by atoms with E-state index in [1.165, 1.54) is 6.20 Å². The summed E-state index contributed by atoms with van der Waals surface area (Å²) in [5.74, 6) is 0.402. The number of nitrogens with one attached hydrogen (secondary N) is 1. The Hall–Kier alpha value is -1.00. The number of rotatable bonds is 6. The first-order chi connectivity index (χ1) is 9.29. The summed E-state index contributed by atoms with van der Waals surface area (Å²) in [4.78, 5) is 3.97. The van der Waals surface area contributed by atoms with Gasteiger partial charge in [-0.15, -0.1) is 0 Å². The molecular formula is C15H23FN2O. The van der Waals surface area contributed by atoms with Gasteiger partial charge in [0.05, 0.1) is 6.20 Å². The molecule has 4 heteroatoms. The van der Waals surface area contributed by atoms with Crippen molar-refractivity contribution in [1.29, 1.82) is 0 Å². The molecule has 1 fully saturated rings. The fourth-order valence-electron chi connectivity index (χ4n) is 2.59. The first-order valence-electron chi connectivity index (χ1n) is 7.21. The molecule has 2 rings (SSSR count). The number of ether oxygens (including phenoxy) is 1. The van der Waals surface area contributed by atoms with Crippen LogP contribution in [0.4, 0.5) is 4.39 Å². The normalized spacial score (nSPS) is 18.4. The monoisotopic (exact) mass is 266 g/mol. The van der Waals surface area contributed by atoms with Gasteiger partial charge in [-0.05, 0) is 49.8 Å². The van der Waals surface area contributed by atoms with Crippen LogP contribution in [0.5, 0.6) is 0 Å². The van der Waals surface area contributed by atoms with Gasteiger partial charge in [0.2, 0.25) is 0 Å². The number of hydrogen-bond donors (Lipinski definition) is 1. The fraction of sp³-hybridized carbons (Fsp3) is 0.667. The van der Waals surface area contributed by atoms with Crippen LogP contribution in [0.15, 0.2) is 18.5 Å². The summed E-state index contributed by atoms with van der Waals surface area (Å²) in [7, 11) is 0. The second kappa shape index (κ2) is 7.56. The van der Waals surface area contributed by atoms with Gasteiger partial charge in [0.25, 0.3) is 0 Å². The third-order valence-corrected chi connectivity index (χ3v) is 3.68. The van der Waals surface area contributed by atoms with E-state index in [0.717, 1.165) is 51.0 Å². The van der Waals surface area contributed by atoms with Gasteiger partial charge >= 0.3 is 0 Å². The van der Waals surface area contributed by atoms with Gasteiger partial charge in [-0.25, -0.2) is 4.39 Å². The van der Waals surface area contributed by atoms with E-state index in [1.54, 1.807) is 12.3 Å². The van der Waals surface area contributed by atoms with Crippen LogP contribution in [0.2, 0.25) is 0 Å². The summed E-state index contributed by atoms with van der Waals surface area (Å²) in [5, 5.41) is 3.51. The number of hydrogen-bond acceptors (Lipinski definition) is 3. The van der Waals surface area contributed by atoms with Gasteiger partial charge in [0.15, 0.2) is 0 Å². The highest BCUT2D eigenvalue weighted by molar-refractivity contribution is 5.15. The number of nitrogens with zero attached hydrogens (tertiary/aromatic N) is 1. The molecule has 106 valence electrons. The zero-order valence-corrected chi connectivity index (χ0v) is 11.6. The Kier molecular flexibility index (Phi) is 5.73. The highest BCUT2D eigenvalue weighted by Gasteiger charge is 2.20. The Labute approximate surface area is 114 Å². The minimum Gasteiger partial charge on any atom is -0.381 e. The Bertz CT molecular complexity index is 380. The van der Waals surface area contributed by atoms with Gasteiger partial charge in [-0.2, -0.15) is 0 Å². The van der Waals surface area contributed by atoms with E-state index in [2.05, 4.69) is 17.2 Å². The molecule has 3 nitrogen and oxygen atoms in total. The maximum atomic E-state index is 13.3. The third kappa shape index (κ3) is 4.55. The number of halogens is 1. The molecule has 0 aromatic carbocycles. The summed E-state index contributed by atoms with van der Waals surface area (Å²) < 4.78 is 18.7. The van der Waals surface area contributed by atoms with Gasteiger partial charge in [-0.1, -0.05) is 6.92 Å². The molecule has 1 aliphatic rings. The fourth-order valence-corrected chi connectivity index (χ4v) is 2.59. The molecule has 0 saturated carbocycles. The minimum atomic E-state index is -0.257. The second-order valence-corrected chi connectivity index (χ2v) is 5.23. The van der Waals surface area contributed by atoms with Crippen molar-refractivity contribution in [2.45, 2.75) is 38.6 Å². The van der Waals surface area contributed by atoms with E-state index in [4.69, 9.17) is 4.74 Å². The molecule has 19 heavy (non-hydrogen) atoms. The van der Waals surface area contributed by atoms with E-state index >= 15 is 0 Å². The van der Waals surface area contributed by atoms with Crippen LogP contribution < -0.4 is 5.32 Å². The molecule has 1 unspecified atom stereocenters. The quantitative estimate of drug-likeness (QED) is 0.859. The molecule has 1 aromatic heterocycles. The maximum absolute atomic E-state index is 13.3. The lowest BCUT2D eigenvalue weighted by molar-refractivity contribution is 0.0605. The lowest BCUT2D eigenvalue weighted by Crippen LogP contribution is -2.27. The molecular weight excluding hydrogens is 243 g/mol. The van der Waals surface area contributed by atoms with Crippen LogP contribution in [0.1, 0.15) is 44.2 Å². The van der Waals surface area contributed by atoms with Crippen LogP contribution in [0, 0.1) is 11.7 Å². The summed E-state index contributed by atoms with van der Waals surface area (Å²) in [5.41, 5.74) is 0.958. The zero-order chi connectivity index (χ0) is 13.5. The van der Waals surface area contributed by atoms with Crippen molar-refractivity contribution >= 4 is 0 Å². The van der Waals surface area contributed by atoms with Crippen LogP contribution in [0.25, 0.3) is 0 Å². The Morgan fingerprint density at radius 2 is 2.21 bits per heavy atom. The Morgan fingerprint density at radius 3 is 2.89 bits per heavy atom. The van der Waals surface area contributed by atoms with E-state index in [-0.39, 0.29) is 11.9 Å². The predicted octanol–water partition coefficient (Wildman–Crippen LogP) is 3.08. The van der Waals surface area contributed by atoms with Crippen molar-refractivity contribution in [3.8, 4) is 0 Å². The standard InChI is InChI=1S/C15H23FN2O/c1-2-5-18-15(8-12-3-6-19-7-4-12)13-9-14(16)11-17-10-13/h9-12,15,18H,2-8H2,1H3. The molecule has 1 aliphatic heterocycles. The van der Waals surface area contributed by atoms with Crippen LogP contribution >= 0.6 is 0 Å². The van der Waals surface area contributed by atoms with Crippen molar-refractivity contribution in [2.24, 2.45) is 5.92 Å². The highest BCUT2D eigenvalue weighted by atomic mass is 19.1. The van der Waals surface area contributed by atoms with E-state index in [9.17, 15) is 4.39 Å². The van der Waals surface area contributed by atoms with Crippen molar-refractivity contribution in [3.05, 3.63) is 29.8 Å². The SMILES string of the molecule is CCCNC(CC1CCOCC1)c1cncc(F)c1. The summed E-state index contributed by atoms with van der Waals surface area (Å²) in [6.45, 7) is 4.80. The average Bonchev–Trinajstić information content (AvgIpc) is 2.44. The largest absolute Gasteiger partial charge is 0.381 e. The van der Waals surface area contributed by atoms with Gasteiger partial charge < -0.3 is 10.1 Å². The Morgan fingerprint density at radius 1 is 1.42 bits per heavy atom. The Balaban J connectivity index is 2.01. The average molecular weight is 266 g/mol. The van der Waals surface area contributed by atoms with Crippen LogP contribution in [-0.2, 0) is 4.74 Å². The lowest BCUT2D eigenvalue weighted by Gasteiger charge is -2.27. The minimum absolute atomic E-state index is 0.200. The number of aromatic nitrogens is 1. The van der Waals surface area contributed by atoms with Crippen molar-refractivity contribution < 1.29 is 9.13 Å². The van der Waals surface area contributed by atoms with E-state index < -0.39 is 0 Å². The molecule has 2 heterocycles. The van der Waals surface area contributed by atoms with E-state index in [0.29, 0.717) is 5.92 Å². The first kappa shape index (κ1) is 14.4. The van der Waals surface area contributed by atoms with Gasteiger partial charge in [0.1, 0.15) is 5.82 Å². The summed E-state index contributed by atoms with van der Waals surface area (Å²) in [6.07, 6.45) is 7.35. The van der Waals surface area contributed by atoms with Gasteiger partial charge in [-0.3, -0.25) is 4.98 Å². The maximum Gasteiger partial charge on any atom is 0.141 e. The smallest absolute Gasteiger partial charge is 0.141 e. The highest BCUT2D eigenvalue weighted by Crippen LogP contribution is 2.27. The predicted molar refractivity (Wildman–Crippen MR) is 73.4 cm³/mol. The molecule has 1 aromatic rings. The lowest BCUT2D eigenvalue weighted by atomic mass is 9.90. The number of pyridine rings is 1. The van der Waals surface area contributed by atoms with E-state index in [1.807, 2.05) is 0 Å². The second-order valence-electron chi connectivity index (χ2n) is 5.23. The molecule has 0 spiro atoms. The zero-order valence-electron chi connectivity index (χ0n) is 11.6. The molecule has 0 aliphatic carbocycles. The van der Waals surface area contributed by atoms with Crippen molar-refractivity contribution in [3.63, 3.8) is 0 Å². The topological polar surface area (TPSA) is 34.1 Å². The van der Waals surface area contributed by atoms with Gasteiger partial charge in [0, 0.05) is 25.5 Å². The van der Waals surface area contributed by atoms with Crippen molar-refractivity contribution in [2.75, 3.05) is 19.8 Å². The molecule has 0 amide bonds. The molecule has 1 N–H and O–H groups in total. The molecule has 0 radical (unpaired) electrons. The molecule has 1 saturated heterocycles.